The van der Waals surface area contributed by atoms with Crippen LogP contribution in [0, 0.1) is 13.8 Å². The van der Waals surface area contributed by atoms with E-state index in [0.717, 1.165) is 23.0 Å². The Hall–Kier alpha value is -0.480. The summed E-state index contributed by atoms with van der Waals surface area (Å²) in [7, 11) is 0. The number of thioether (sulfide) groups is 1. The van der Waals surface area contributed by atoms with Crippen molar-refractivity contribution in [2.75, 3.05) is 5.75 Å². The van der Waals surface area contributed by atoms with E-state index in [1.807, 2.05) is 39.5 Å². The fourth-order valence-corrected chi connectivity index (χ4v) is 2.37. The summed E-state index contributed by atoms with van der Waals surface area (Å²) >= 11 is 1.82. The molecule has 0 saturated carbocycles. The summed E-state index contributed by atoms with van der Waals surface area (Å²) in [6, 6.07) is 0. The molecular formula is C10H18N2OS. The van der Waals surface area contributed by atoms with E-state index in [1.54, 1.807) is 0 Å². The van der Waals surface area contributed by atoms with Crippen LogP contribution in [0.1, 0.15) is 30.9 Å². The maximum Gasteiger partial charge on any atom is 0.137 e. The highest BCUT2D eigenvalue weighted by molar-refractivity contribution is 7.98. The fraction of sp³-hybridized carbons (Fsp3) is 0.700. The van der Waals surface area contributed by atoms with Crippen LogP contribution in [-0.4, -0.2) is 16.4 Å². The second kappa shape index (κ2) is 4.36. The lowest BCUT2D eigenvalue weighted by molar-refractivity contribution is 0.392. The summed E-state index contributed by atoms with van der Waals surface area (Å²) in [5.74, 6) is 2.80. The first-order valence-electron chi connectivity index (χ1n) is 4.68. The van der Waals surface area contributed by atoms with Gasteiger partial charge in [0.15, 0.2) is 0 Å². The van der Waals surface area contributed by atoms with Crippen molar-refractivity contribution in [3.05, 3.63) is 17.0 Å². The van der Waals surface area contributed by atoms with E-state index in [2.05, 4.69) is 5.16 Å². The molecule has 1 rings (SSSR count). The van der Waals surface area contributed by atoms with Gasteiger partial charge >= 0.3 is 0 Å². The second-order valence-corrected chi connectivity index (χ2v) is 5.27. The Kier molecular flexibility index (Phi) is 3.61. The van der Waals surface area contributed by atoms with Crippen LogP contribution < -0.4 is 5.73 Å². The maximum atomic E-state index is 5.89. The number of nitrogens with zero attached hydrogens (tertiary/aromatic N) is 1. The van der Waals surface area contributed by atoms with Crippen molar-refractivity contribution < 1.29 is 4.52 Å². The Morgan fingerprint density at radius 3 is 2.50 bits per heavy atom. The van der Waals surface area contributed by atoms with Crippen molar-refractivity contribution in [2.45, 2.75) is 39.0 Å². The van der Waals surface area contributed by atoms with Crippen molar-refractivity contribution in [1.29, 1.82) is 0 Å². The number of rotatable bonds is 4. The Morgan fingerprint density at radius 2 is 2.07 bits per heavy atom. The predicted molar refractivity (Wildman–Crippen MR) is 60.4 cm³/mol. The van der Waals surface area contributed by atoms with Gasteiger partial charge < -0.3 is 10.3 Å². The molecule has 0 saturated heterocycles. The molecule has 1 aromatic heterocycles. The molecule has 0 aliphatic rings. The van der Waals surface area contributed by atoms with E-state index in [4.69, 9.17) is 10.3 Å². The zero-order valence-corrected chi connectivity index (χ0v) is 10.1. The topological polar surface area (TPSA) is 52.0 Å². The van der Waals surface area contributed by atoms with Gasteiger partial charge in [-0.3, -0.25) is 0 Å². The average molecular weight is 214 g/mol. The molecule has 1 heterocycles. The van der Waals surface area contributed by atoms with Crippen LogP contribution in [0.2, 0.25) is 0 Å². The summed E-state index contributed by atoms with van der Waals surface area (Å²) in [4.78, 5) is 0. The SMILES string of the molecule is Cc1noc(C)c1CSCC(C)(C)N. The van der Waals surface area contributed by atoms with Crippen LogP contribution in [0.25, 0.3) is 0 Å². The smallest absolute Gasteiger partial charge is 0.137 e. The van der Waals surface area contributed by atoms with Crippen molar-refractivity contribution in [3.8, 4) is 0 Å². The van der Waals surface area contributed by atoms with Crippen molar-refractivity contribution in [1.82, 2.24) is 5.16 Å². The molecule has 0 amide bonds. The molecule has 0 aliphatic carbocycles. The number of nitrogens with two attached hydrogens (primary N) is 1. The number of aryl methyl sites for hydroxylation is 2. The maximum absolute atomic E-state index is 5.89. The molecule has 0 unspecified atom stereocenters. The van der Waals surface area contributed by atoms with Gasteiger partial charge in [0.2, 0.25) is 0 Å². The van der Waals surface area contributed by atoms with Gasteiger partial charge in [-0.15, -0.1) is 0 Å². The van der Waals surface area contributed by atoms with E-state index < -0.39 is 0 Å². The van der Waals surface area contributed by atoms with E-state index in [-0.39, 0.29) is 5.54 Å². The molecule has 14 heavy (non-hydrogen) atoms. The molecule has 2 N–H and O–H groups in total. The predicted octanol–water partition coefficient (Wildman–Crippen LogP) is 2.26. The van der Waals surface area contributed by atoms with Gasteiger partial charge in [-0.2, -0.15) is 11.8 Å². The Morgan fingerprint density at radius 1 is 1.43 bits per heavy atom. The van der Waals surface area contributed by atoms with Gasteiger partial charge in [0.25, 0.3) is 0 Å². The van der Waals surface area contributed by atoms with Crippen LogP contribution in [0.15, 0.2) is 4.52 Å². The second-order valence-electron chi connectivity index (χ2n) is 4.28. The summed E-state index contributed by atoms with van der Waals surface area (Å²) in [6.45, 7) is 7.99. The third-order valence-electron chi connectivity index (χ3n) is 1.90. The van der Waals surface area contributed by atoms with Gasteiger partial charge in [0.1, 0.15) is 5.76 Å². The quantitative estimate of drug-likeness (QED) is 0.835. The standard InChI is InChI=1S/C10H18N2OS/c1-7-9(8(2)13-12-7)5-14-6-10(3,4)11/h5-6,11H2,1-4H3. The summed E-state index contributed by atoms with van der Waals surface area (Å²) in [5.41, 5.74) is 7.98. The van der Waals surface area contributed by atoms with E-state index in [0.29, 0.717) is 0 Å². The first kappa shape index (κ1) is 11.6. The van der Waals surface area contributed by atoms with Crippen LogP contribution in [0.3, 0.4) is 0 Å². The van der Waals surface area contributed by atoms with Crippen LogP contribution >= 0.6 is 11.8 Å². The van der Waals surface area contributed by atoms with Crippen molar-refractivity contribution >= 4 is 11.8 Å². The van der Waals surface area contributed by atoms with Gasteiger partial charge in [0, 0.05) is 22.6 Å². The van der Waals surface area contributed by atoms with Crippen molar-refractivity contribution in [2.24, 2.45) is 5.73 Å². The third kappa shape index (κ3) is 3.35. The molecule has 0 fully saturated rings. The number of hydrogen-bond acceptors (Lipinski definition) is 4. The Balaban J connectivity index is 2.46. The third-order valence-corrected chi connectivity index (χ3v) is 3.34. The number of aromatic nitrogens is 1. The summed E-state index contributed by atoms with van der Waals surface area (Å²) in [6.07, 6.45) is 0. The van der Waals surface area contributed by atoms with Gasteiger partial charge in [-0.05, 0) is 27.7 Å². The molecule has 0 spiro atoms. The minimum absolute atomic E-state index is 0.107. The molecule has 3 nitrogen and oxygen atoms in total. The van der Waals surface area contributed by atoms with Crippen molar-refractivity contribution in [3.63, 3.8) is 0 Å². The van der Waals surface area contributed by atoms with E-state index >= 15 is 0 Å². The van der Waals surface area contributed by atoms with E-state index in [1.165, 1.54) is 5.56 Å². The highest BCUT2D eigenvalue weighted by Gasteiger charge is 2.13. The van der Waals surface area contributed by atoms with Crippen LogP contribution in [0.4, 0.5) is 0 Å². The monoisotopic (exact) mass is 214 g/mol. The lowest BCUT2D eigenvalue weighted by Gasteiger charge is -2.17. The molecule has 0 aliphatic heterocycles. The Labute approximate surface area is 89.4 Å². The minimum atomic E-state index is -0.107. The first-order valence-corrected chi connectivity index (χ1v) is 5.84. The normalized spacial score (nSPS) is 12.1. The molecule has 80 valence electrons. The summed E-state index contributed by atoms with van der Waals surface area (Å²) < 4.78 is 5.08. The lowest BCUT2D eigenvalue weighted by Crippen LogP contribution is -2.34. The molecule has 0 aromatic carbocycles. The summed E-state index contributed by atoms with van der Waals surface area (Å²) in [5, 5.41) is 3.91. The molecule has 4 heteroatoms. The highest BCUT2D eigenvalue weighted by atomic mass is 32.2. The highest BCUT2D eigenvalue weighted by Crippen LogP contribution is 2.21. The van der Waals surface area contributed by atoms with E-state index in [9.17, 15) is 0 Å². The molecule has 1 aromatic rings. The lowest BCUT2D eigenvalue weighted by atomic mass is 10.1. The van der Waals surface area contributed by atoms with Crippen LogP contribution in [-0.2, 0) is 5.75 Å². The zero-order valence-electron chi connectivity index (χ0n) is 9.26. The largest absolute Gasteiger partial charge is 0.361 e. The average Bonchev–Trinajstić information content (AvgIpc) is 2.33. The molecular weight excluding hydrogens is 196 g/mol. The zero-order chi connectivity index (χ0) is 10.8. The van der Waals surface area contributed by atoms with Gasteiger partial charge in [0.05, 0.1) is 5.69 Å². The fourth-order valence-electron chi connectivity index (χ4n) is 1.12. The molecule has 0 bridgehead atoms. The molecule has 0 radical (unpaired) electrons. The molecule has 0 atom stereocenters. The number of hydrogen-bond donors (Lipinski definition) is 1. The Bertz CT molecular complexity index is 282. The van der Waals surface area contributed by atoms with Gasteiger partial charge in [-0.1, -0.05) is 5.16 Å². The van der Waals surface area contributed by atoms with Gasteiger partial charge in [-0.25, -0.2) is 0 Å². The minimum Gasteiger partial charge on any atom is -0.361 e. The van der Waals surface area contributed by atoms with Crippen LogP contribution in [0.5, 0.6) is 0 Å². The first-order chi connectivity index (χ1) is 6.40.